The maximum Gasteiger partial charge on any atom is 0.317 e. The van der Waals surface area contributed by atoms with E-state index in [4.69, 9.17) is 9.26 Å². The highest BCUT2D eigenvalue weighted by atomic mass is 16.5. The van der Waals surface area contributed by atoms with Gasteiger partial charge in [-0.25, -0.2) is 4.79 Å². The van der Waals surface area contributed by atoms with Gasteiger partial charge in [-0.05, 0) is 33.1 Å². The number of amides is 2. The van der Waals surface area contributed by atoms with Gasteiger partial charge in [0.2, 0.25) is 0 Å². The third-order valence-electron chi connectivity index (χ3n) is 3.97. The zero-order valence-electron chi connectivity index (χ0n) is 13.0. The summed E-state index contributed by atoms with van der Waals surface area (Å²) in [6, 6.07) is -0.0656. The van der Waals surface area contributed by atoms with Gasteiger partial charge in [0, 0.05) is 13.1 Å². The first-order valence-electron chi connectivity index (χ1n) is 7.78. The predicted octanol–water partition coefficient (Wildman–Crippen LogP) is 1.96. The van der Waals surface area contributed by atoms with Gasteiger partial charge in [0.1, 0.15) is 0 Å². The number of aromatic nitrogens is 2. The monoisotopic (exact) mass is 306 g/mol. The van der Waals surface area contributed by atoms with Gasteiger partial charge in [0.15, 0.2) is 11.9 Å². The molecule has 0 bridgehead atoms. The lowest BCUT2D eigenvalue weighted by Gasteiger charge is -2.35. The van der Waals surface area contributed by atoms with E-state index in [2.05, 4.69) is 21.5 Å². The van der Waals surface area contributed by atoms with Gasteiger partial charge in [0.25, 0.3) is 5.89 Å². The third kappa shape index (κ3) is 3.47. The largest absolute Gasteiger partial charge is 0.362 e. The van der Waals surface area contributed by atoms with Crippen molar-refractivity contribution < 1.29 is 14.1 Å². The number of aryl methyl sites for hydroxylation is 1. The molecule has 1 N–H and O–H groups in total. The van der Waals surface area contributed by atoms with Gasteiger partial charge in [-0.1, -0.05) is 16.8 Å². The van der Waals surface area contributed by atoms with Crippen LogP contribution in [0.5, 0.6) is 0 Å². The van der Waals surface area contributed by atoms with Gasteiger partial charge in [0.05, 0.1) is 12.6 Å². The Balaban J connectivity index is 1.59. The molecule has 2 heterocycles. The molecule has 120 valence electrons. The Bertz CT molecular complexity index is 569. The summed E-state index contributed by atoms with van der Waals surface area (Å²) < 4.78 is 11.0. The molecule has 2 atom stereocenters. The summed E-state index contributed by atoms with van der Waals surface area (Å²) in [5.74, 6) is 1.00. The first-order valence-corrected chi connectivity index (χ1v) is 7.78. The van der Waals surface area contributed by atoms with E-state index in [1.54, 1.807) is 11.8 Å². The Labute approximate surface area is 129 Å². The summed E-state index contributed by atoms with van der Waals surface area (Å²) in [6.07, 6.45) is 5.19. The number of carbonyl (C=O) groups excluding carboxylic acids is 1. The van der Waals surface area contributed by atoms with Crippen LogP contribution in [-0.4, -0.2) is 46.8 Å². The number of ether oxygens (including phenoxy) is 1. The Morgan fingerprint density at radius 2 is 2.36 bits per heavy atom. The van der Waals surface area contributed by atoms with Gasteiger partial charge in [-0.2, -0.15) is 4.98 Å². The fourth-order valence-electron chi connectivity index (χ4n) is 2.90. The average molecular weight is 306 g/mol. The second-order valence-corrected chi connectivity index (χ2v) is 5.93. The minimum absolute atomic E-state index is 0.0656. The number of carbonyl (C=O) groups is 1. The number of morpholine rings is 1. The van der Waals surface area contributed by atoms with Crippen molar-refractivity contribution in [1.82, 2.24) is 20.4 Å². The standard InChI is InChI=1S/C15H22N4O3/c1-10-8-19(15(20)16-7-12-5-3-4-6-12)9-13(21-10)14-17-11(2)18-22-14/h5,10,13H,3-4,6-9H2,1-2H3,(H,16,20)/t10-,13-/m1/s1. The van der Waals surface area contributed by atoms with Crippen LogP contribution in [-0.2, 0) is 4.74 Å². The van der Waals surface area contributed by atoms with Gasteiger partial charge >= 0.3 is 6.03 Å². The summed E-state index contributed by atoms with van der Waals surface area (Å²) in [7, 11) is 0. The van der Waals surface area contributed by atoms with Crippen LogP contribution < -0.4 is 5.32 Å². The van der Waals surface area contributed by atoms with Crippen molar-refractivity contribution in [2.75, 3.05) is 19.6 Å². The fraction of sp³-hybridized carbons (Fsp3) is 0.667. The number of allylic oxidation sites excluding steroid dienone is 1. The molecule has 2 aliphatic rings. The molecular weight excluding hydrogens is 284 g/mol. The van der Waals surface area contributed by atoms with Crippen molar-refractivity contribution in [2.24, 2.45) is 0 Å². The second kappa shape index (κ2) is 6.48. The molecule has 0 unspecified atom stereocenters. The lowest BCUT2D eigenvalue weighted by atomic mass is 10.2. The molecule has 3 rings (SSSR count). The number of urea groups is 1. The summed E-state index contributed by atoms with van der Waals surface area (Å²) in [5, 5.41) is 6.77. The Kier molecular flexibility index (Phi) is 4.42. The van der Waals surface area contributed by atoms with Crippen molar-refractivity contribution in [3.63, 3.8) is 0 Å². The van der Waals surface area contributed by atoms with Crippen molar-refractivity contribution in [3.8, 4) is 0 Å². The van der Waals surface area contributed by atoms with E-state index in [1.165, 1.54) is 12.0 Å². The lowest BCUT2D eigenvalue weighted by Crippen LogP contribution is -2.50. The van der Waals surface area contributed by atoms with E-state index in [1.807, 2.05) is 6.92 Å². The van der Waals surface area contributed by atoms with Crippen molar-refractivity contribution in [1.29, 1.82) is 0 Å². The molecule has 22 heavy (non-hydrogen) atoms. The van der Waals surface area contributed by atoms with Crippen LogP contribution in [0.25, 0.3) is 0 Å². The minimum Gasteiger partial charge on any atom is -0.362 e. The van der Waals surface area contributed by atoms with Gasteiger partial charge in [-0.15, -0.1) is 0 Å². The first kappa shape index (κ1) is 15.0. The molecule has 0 saturated carbocycles. The van der Waals surface area contributed by atoms with Gasteiger partial charge in [-0.3, -0.25) is 0 Å². The molecule has 2 amide bonds. The van der Waals surface area contributed by atoms with Crippen molar-refractivity contribution in [3.05, 3.63) is 23.4 Å². The third-order valence-corrected chi connectivity index (χ3v) is 3.97. The predicted molar refractivity (Wildman–Crippen MR) is 79.2 cm³/mol. The van der Waals surface area contributed by atoms with Crippen LogP contribution in [0.15, 0.2) is 16.2 Å². The van der Waals surface area contributed by atoms with E-state index >= 15 is 0 Å². The number of hydrogen-bond acceptors (Lipinski definition) is 5. The molecule has 7 heteroatoms. The molecule has 1 saturated heterocycles. The van der Waals surface area contributed by atoms with Crippen LogP contribution in [0, 0.1) is 6.92 Å². The topological polar surface area (TPSA) is 80.5 Å². The zero-order chi connectivity index (χ0) is 15.5. The molecule has 0 radical (unpaired) electrons. The minimum atomic E-state index is -0.360. The SMILES string of the molecule is Cc1noc([C@H]2CN(C(=O)NCC3=CCCC3)C[C@@H](C)O2)n1. The summed E-state index contributed by atoms with van der Waals surface area (Å²) >= 11 is 0. The number of nitrogens with one attached hydrogen (secondary N) is 1. The van der Waals surface area contributed by atoms with Crippen LogP contribution in [0.4, 0.5) is 4.79 Å². The zero-order valence-corrected chi connectivity index (χ0v) is 13.0. The average Bonchev–Trinajstić information content (AvgIpc) is 3.15. The van der Waals surface area contributed by atoms with E-state index in [0.29, 0.717) is 31.3 Å². The number of nitrogens with zero attached hydrogens (tertiary/aromatic N) is 3. The summed E-state index contributed by atoms with van der Waals surface area (Å²) in [4.78, 5) is 18.3. The lowest BCUT2D eigenvalue weighted by molar-refractivity contribution is -0.0781. The van der Waals surface area contributed by atoms with E-state index < -0.39 is 0 Å². The molecular formula is C15H22N4O3. The first-order chi connectivity index (χ1) is 10.6. The second-order valence-electron chi connectivity index (χ2n) is 5.93. The quantitative estimate of drug-likeness (QED) is 0.863. The number of hydrogen-bond donors (Lipinski definition) is 1. The highest BCUT2D eigenvalue weighted by molar-refractivity contribution is 5.74. The van der Waals surface area contributed by atoms with E-state index in [9.17, 15) is 4.79 Å². The van der Waals surface area contributed by atoms with Crippen molar-refractivity contribution >= 4 is 6.03 Å². The molecule has 7 nitrogen and oxygen atoms in total. The van der Waals surface area contributed by atoms with E-state index in [0.717, 1.165) is 12.8 Å². The maximum absolute atomic E-state index is 12.3. The summed E-state index contributed by atoms with van der Waals surface area (Å²) in [6.45, 7) is 5.33. The fourth-order valence-corrected chi connectivity index (χ4v) is 2.90. The molecule has 0 spiro atoms. The molecule has 1 aliphatic carbocycles. The van der Waals surface area contributed by atoms with Gasteiger partial charge < -0.3 is 19.5 Å². The smallest absolute Gasteiger partial charge is 0.317 e. The highest BCUT2D eigenvalue weighted by Gasteiger charge is 2.32. The molecule has 1 aliphatic heterocycles. The maximum atomic E-state index is 12.3. The highest BCUT2D eigenvalue weighted by Crippen LogP contribution is 2.24. The van der Waals surface area contributed by atoms with Crippen LogP contribution >= 0.6 is 0 Å². The van der Waals surface area contributed by atoms with Crippen LogP contribution in [0.2, 0.25) is 0 Å². The van der Waals surface area contributed by atoms with Crippen LogP contribution in [0.3, 0.4) is 0 Å². The Hall–Kier alpha value is -1.89. The molecule has 0 aromatic carbocycles. The summed E-state index contributed by atoms with van der Waals surface area (Å²) in [5.41, 5.74) is 1.32. The Morgan fingerprint density at radius 1 is 1.50 bits per heavy atom. The molecule has 1 aromatic rings. The van der Waals surface area contributed by atoms with Crippen LogP contribution in [0.1, 0.15) is 44.0 Å². The van der Waals surface area contributed by atoms with Crippen molar-refractivity contribution in [2.45, 2.75) is 45.3 Å². The molecule has 1 fully saturated rings. The number of rotatable bonds is 3. The molecule has 1 aromatic heterocycles. The van der Waals surface area contributed by atoms with E-state index in [-0.39, 0.29) is 18.2 Å². The Morgan fingerprint density at radius 3 is 3.05 bits per heavy atom. The normalized spacial score (nSPS) is 25.2.